The number of rotatable bonds is 6. The Morgan fingerprint density at radius 3 is 3.00 bits per heavy atom. The van der Waals surface area contributed by atoms with Gasteiger partial charge in [-0.2, -0.15) is 5.26 Å². The van der Waals surface area contributed by atoms with Crippen molar-refractivity contribution in [1.29, 1.82) is 5.26 Å². The Labute approximate surface area is 107 Å². The summed E-state index contributed by atoms with van der Waals surface area (Å²) in [6.07, 6.45) is 0. The van der Waals surface area contributed by atoms with Gasteiger partial charge in [-0.05, 0) is 19.1 Å². The second-order valence-electron chi connectivity index (χ2n) is 3.71. The van der Waals surface area contributed by atoms with Gasteiger partial charge in [0.1, 0.15) is 6.07 Å². The lowest BCUT2D eigenvalue weighted by Crippen LogP contribution is -2.11. The molecule has 0 spiro atoms. The molecule has 0 amide bonds. The molecule has 0 saturated heterocycles. The number of anilines is 1. The minimum Gasteiger partial charge on any atom is -0.382 e. The van der Waals surface area contributed by atoms with Gasteiger partial charge in [-0.15, -0.1) is 0 Å². The molecule has 0 aliphatic carbocycles. The number of benzene rings is 1. The van der Waals surface area contributed by atoms with Crippen LogP contribution in [0.5, 0.6) is 0 Å². The van der Waals surface area contributed by atoms with Crippen molar-refractivity contribution >= 4 is 17.3 Å². The van der Waals surface area contributed by atoms with Crippen molar-refractivity contribution in [2.24, 2.45) is 0 Å². The van der Waals surface area contributed by atoms with Gasteiger partial charge < -0.3 is 10.1 Å². The van der Waals surface area contributed by atoms with Crippen LogP contribution >= 0.6 is 11.6 Å². The average Bonchev–Trinajstić information content (AvgIpc) is 2.28. The normalized spacial score (nSPS) is 9.71. The Kier molecular flexibility index (Phi) is 5.55. The number of halogens is 1. The van der Waals surface area contributed by atoms with Crippen molar-refractivity contribution in [1.82, 2.24) is 0 Å². The van der Waals surface area contributed by atoms with Crippen LogP contribution in [0.4, 0.5) is 5.69 Å². The molecule has 0 unspecified atom stereocenters. The van der Waals surface area contributed by atoms with Gasteiger partial charge in [0.2, 0.25) is 0 Å². The Morgan fingerprint density at radius 2 is 2.35 bits per heavy atom. The van der Waals surface area contributed by atoms with Gasteiger partial charge in [-0.25, -0.2) is 0 Å². The zero-order valence-corrected chi connectivity index (χ0v) is 10.5. The fraction of sp³-hybridized carbons (Fsp3) is 0.308. The largest absolute Gasteiger partial charge is 0.382 e. The monoisotopic (exact) mass is 250 g/mol. The number of nitrogens with zero attached hydrogens (tertiary/aromatic N) is 1. The molecule has 0 atom stereocenters. The molecule has 4 heteroatoms. The van der Waals surface area contributed by atoms with Crippen molar-refractivity contribution in [3.63, 3.8) is 0 Å². The maximum absolute atomic E-state index is 8.96. The minimum atomic E-state index is 0.459. The number of hydrogen-bond acceptors (Lipinski definition) is 3. The highest BCUT2D eigenvalue weighted by Crippen LogP contribution is 2.22. The minimum absolute atomic E-state index is 0.459. The maximum atomic E-state index is 8.96. The lowest BCUT2D eigenvalue weighted by Gasteiger charge is -2.09. The Morgan fingerprint density at radius 1 is 1.59 bits per heavy atom. The highest BCUT2D eigenvalue weighted by Gasteiger charge is 2.04. The highest BCUT2D eigenvalue weighted by atomic mass is 35.5. The summed E-state index contributed by atoms with van der Waals surface area (Å²) in [6.45, 7) is 7.40. The van der Waals surface area contributed by atoms with Gasteiger partial charge >= 0.3 is 0 Å². The van der Waals surface area contributed by atoms with Crippen LogP contribution in [0.2, 0.25) is 5.02 Å². The molecule has 1 aromatic carbocycles. The van der Waals surface area contributed by atoms with Crippen LogP contribution in [0.1, 0.15) is 12.5 Å². The van der Waals surface area contributed by atoms with Gasteiger partial charge in [0.15, 0.2) is 0 Å². The molecule has 0 saturated carbocycles. The first-order valence-electron chi connectivity index (χ1n) is 5.29. The van der Waals surface area contributed by atoms with Gasteiger partial charge in [0, 0.05) is 6.54 Å². The smallest absolute Gasteiger partial charge is 0.103 e. The number of nitrogens with one attached hydrogen (secondary N) is 1. The van der Waals surface area contributed by atoms with Gasteiger partial charge in [-0.1, -0.05) is 29.8 Å². The highest BCUT2D eigenvalue weighted by molar-refractivity contribution is 6.32. The van der Waals surface area contributed by atoms with Crippen molar-refractivity contribution in [2.75, 3.05) is 25.1 Å². The molecule has 0 fully saturated rings. The first kappa shape index (κ1) is 13.6. The van der Waals surface area contributed by atoms with Crippen molar-refractivity contribution in [2.45, 2.75) is 6.92 Å². The van der Waals surface area contributed by atoms with Crippen LogP contribution in [0, 0.1) is 11.3 Å². The van der Waals surface area contributed by atoms with Crippen molar-refractivity contribution in [3.8, 4) is 6.07 Å². The third-order valence-electron chi connectivity index (χ3n) is 2.04. The van der Waals surface area contributed by atoms with Crippen molar-refractivity contribution < 1.29 is 4.74 Å². The van der Waals surface area contributed by atoms with Gasteiger partial charge in [0.05, 0.1) is 29.5 Å². The quantitative estimate of drug-likeness (QED) is 0.623. The SMILES string of the molecule is C=C(C)COCCNc1cccc(Cl)c1C#N. The summed E-state index contributed by atoms with van der Waals surface area (Å²) in [7, 11) is 0. The lowest BCUT2D eigenvalue weighted by atomic mass is 10.2. The molecule has 1 rings (SSSR count). The predicted molar refractivity (Wildman–Crippen MR) is 70.3 cm³/mol. The summed E-state index contributed by atoms with van der Waals surface area (Å²) in [5.74, 6) is 0. The van der Waals surface area contributed by atoms with Crippen molar-refractivity contribution in [3.05, 3.63) is 40.9 Å². The zero-order valence-electron chi connectivity index (χ0n) is 9.79. The fourth-order valence-corrected chi connectivity index (χ4v) is 1.51. The fourth-order valence-electron chi connectivity index (χ4n) is 1.29. The maximum Gasteiger partial charge on any atom is 0.103 e. The van der Waals surface area contributed by atoms with E-state index >= 15 is 0 Å². The summed E-state index contributed by atoms with van der Waals surface area (Å²) in [5, 5.41) is 12.5. The Balaban J connectivity index is 2.45. The molecule has 17 heavy (non-hydrogen) atoms. The molecule has 1 aromatic rings. The molecule has 3 nitrogen and oxygen atoms in total. The van der Waals surface area contributed by atoms with E-state index in [9.17, 15) is 0 Å². The summed E-state index contributed by atoms with van der Waals surface area (Å²) in [5.41, 5.74) is 2.19. The molecule has 90 valence electrons. The summed E-state index contributed by atoms with van der Waals surface area (Å²) in [4.78, 5) is 0. The third-order valence-corrected chi connectivity index (χ3v) is 2.35. The Bertz CT molecular complexity index is 438. The van der Waals surface area contributed by atoms with E-state index < -0.39 is 0 Å². The molecule has 0 bridgehead atoms. The number of hydrogen-bond donors (Lipinski definition) is 1. The average molecular weight is 251 g/mol. The molecule has 0 radical (unpaired) electrons. The first-order valence-corrected chi connectivity index (χ1v) is 5.67. The van der Waals surface area contributed by atoms with E-state index in [-0.39, 0.29) is 0 Å². The Hall–Kier alpha value is -1.50. The standard InChI is InChI=1S/C13H15ClN2O/c1-10(2)9-17-7-6-16-13-5-3-4-12(14)11(13)8-15/h3-5,16H,1,6-7,9H2,2H3. The zero-order chi connectivity index (χ0) is 12.7. The molecular weight excluding hydrogens is 236 g/mol. The van der Waals surface area contributed by atoms with Crippen LogP contribution < -0.4 is 5.32 Å². The third kappa shape index (κ3) is 4.48. The van der Waals surface area contributed by atoms with E-state index in [0.29, 0.717) is 30.3 Å². The van der Waals surface area contributed by atoms with E-state index in [4.69, 9.17) is 21.6 Å². The number of nitriles is 1. The molecule has 0 aliphatic heterocycles. The van der Waals surface area contributed by atoms with Gasteiger partial charge in [0.25, 0.3) is 0 Å². The lowest BCUT2D eigenvalue weighted by molar-refractivity contribution is 0.167. The molecule has 0 aliphatic rings. The summed E-state index contributed by atoms with van der Waals surface area (Å²) in [6, 6.07) is 7.40. The first-order chi connectivity index (χ1) is 8.15. The molecular formula is C13H15ClN2O. The van der Waals surface area contributed by atoms with E-state index in [2.05, 4.69) is 18.0 Å². The molecule has 1 N–H and O–H groups in total. The van der Waals surface area contributed by atoms with Gasteiger partial charge in [-0.3, -0.25) is 0 Å². The van der Waals surface area contributed by atoms with Crippen LogP contribution in [-0.2, 0) is 4.74 Å². The van der Waals surface area contributed by atoms with Crippen LogP contribution in [0.25, 0.3) is 0 Å². The van der Waals surface area contributed by atoms with Crippen LogP contribution in [0.3, 0.4) is 0 Å². The molecule has 0 heterocycles. The van der Waals surface area contributed by atoms with Crippen LogP contribution in [0.15, 0.2) is 30.4 Å². The number of ether oxygens (including phenoxy) is 1. The summed E-state index contributed by atoms with van der Waals surface area (Å²) < 4.78 is 5.34. The van der Waals surface area contributed by atoms with E-state index in [1.54, 1.807) is 12.1 Å². The van der Waals surface area contributed by atoms with Crippen LogP contribution in [-0.4, -0.2) is 19.8 Å². The second-order valence-corrected chi connectivity index (χ2v) is 4.12. The van der Waals surface area contributed by atoms with E-state index in [0.717, 1.165) is 11.3 Å². The topological polar surface area (TPSA) is 45.0 Å². The van der Waals surface area contributed by atoms with E-state index in [1.165, 1.54) is 0 Å². The second kappa shape index (κ2) is 6.95. The summed E-state index contributed by atoms with van der Waals surface area (Å²) >= 11 is 5.91. The van der Waals surface area contributed by atoms with E-state index in [1.807, 2.05) is 13.0 Å². The predicted octanol–water partition coefficient (Wildman–Crippen LogP) is 3.22. The molecule has 0 aromatic heterocycles.